The maximum Gasteiger partial charge on any atom is 0.335 e. The Hall–Kier alpha value is -3.08. The molecule has 0 saturated carbocycles. The van der Waals surface area contributed by atoms with E-state index in [-0.39, 0.29) is 5.56 Å². The van der Waals surface area contributed by atoms with Crippen LogP contribution in [0.3, 0.4) is 0 Å². The van der Waals surface area contributed by atoms with Gasteiger partial charge >= 0.3 is 5.97 Å². The second-order valence-corrected chi connectivity index (χ2v) is 5.20. The Labute approximate surface area is 135 Å². The second kappa shape index (κ2) is 7.26. The highest BCUT2D eigenvalue weighted by Crippen LogP contribution is 2.19. The first-order valence-electron chi connectivity index (χ1n) is 7.08. The summed E-state index contributed by atoms with van der Waals surface area (Å²) in [6.07, 6.45) is 3.26. The smallest absolute Gasteiger partial charge is 0.335 e. The number of carbonyl (C=O) groups is 1. The third-order valence-electron chi connectivity index (χ3n) is 3.27. The van der Waals surface area contributed by atoms with Crippen LogP contribution in [0.5, 0.6) is 0 Å². The predicted molar refractivity (Wildman–Crippen MR) is 94.5 cm³/mol. The molecule has 0 amide bonds. The van der Waals surface area contributed by atoms with Gasteiger partial charge in [0.2, 0.25) is 0 Å². The number of hydrogen-bond donors (Lipinski definition) is 2. The standard InChI is InChI=1S/C18H19N3O2/c1-21(2)16-8-4-7-15(12-16)20-10-9-17(19)13-5-3-6-14(11-13)18(22)23/h3-12H,19H2,1-2H3,(H,22,23). The van der Waals surface area contributed by atoms with Gasteiger partial charge in [-0.15, -0.1) is 0 Å². The number of carboxylic acids is 1. The molecule has 5 heteroatoms. The van der Waals surface area contributed by atoms with E-state index in [1.54, 1.807) is 24.4 Å². The van der Waals surface area contributed by atoms with Gasteiger partial charge < -0.3 is 15.7 Å². The van der Waals surface area contributed by atoms with E-state index in [9.17, 15) is 4.79 Å². The molecule has 2 rings (SSSR count). The quantitative estimate of drug-likeness (QED) is 0.832. The van der Waals surface area contributed by atoms with E-state index < -0.39 is 5.97 Å². The minimum atomic E-state index is -0.978. The fourth-order valence-corrected chi connectivity index (χ4v) is 1.98. The fourth-order valence-electron chi connectivity index (χ4n) is 1.98. The highest BCUT2D eigenvalue weighted by molar-refractivity contribution is 5.90. The van der Waals surface area contributed by atoms with Crippen molar-refractivity contribution in [2.45, 2.75) is 0 Å². The molecule has 118 valence electrons. The van der Waals surface area contributed by atoms with Gasteiger partial charge in [0.15, 0.2) is 0 Å². The summed E-state index contributed by atoms with van der Waals surface area (Å²) in [4.78, 5) is 17.3. The summed E-state index contributed by atoms with van der Waals surface area (Å²) in [6.45, 7) is 0. The van der Waals surface area contributed by atoms with Crippen molar-refractivity contribution in [3.05, 3.63) is 65.7 Å². The van der Waals surface area contributed by atoms with Crippen molar-refractivity contribution in [3.8, 4) is 0 Å². The number of carboxylic acid groups (broad SMARTS) is 1. The normalized spacial score (nSPS) is 11.7. The lowest BCUT2D eigenvalue weighted by molar-refractivity contribution is 0.0697. The molecule has 0 atom stereocenters. The molecule has 3 N–H and O–H groups in total. The Morgan fingerprint density at radius 3 is 2.52 bits per heavy atom. The SMILES string of the molecule is CN(C)c1cccc(N=CC=C(N)c2cccc(C(=O)O)c2)c1. The first-order chi connectivity index (χ1) is 11.0. The van der Waals surface area contributed by atoms with Crippen LogP contribution in [0.1, 0.15) is 15.9 Å². The van der Waals surface area contributed by atoms with Crippen LogP contribution in [-0.2, 0) is 0 Å². The maximum absolute atomic E-state index is 11.0. The Balaban J connectivity index is 2.17. The third kappa shape index (κ3) is 4.44. The molecule has 0 aliphatic rings. The number of aliphatic imine (C=N–C) groups is 1. The van der Waals surface area contributed by atoms with E-state index in [0.717, 1.165) is 11.4 Å². The van der Waals surface area contributed by atoms with E-state index in [1.165, 1.54) is 12.1 Å². The van der Waals surface area contributed by atoms with Gasteiger partial charge in [-0.1, -0.05) is 18.2 Å². The fraction of sp³-hybridized carbons (Fsp3) is 0.111. The minimum absolute atomic E-state index is 0.203. The van der Waals surface area contributed by atoms with Crippen molar-refractivity contribution < 1.29 is 9.90 Å². The van der Waals surface area contributed by atoms with Gasteiger partial charge in [0.25, 0.3) is 0 Å². The molecule has 23 heavy (non-hydrogen) atoms. The zero-order chi connectivity index (χ0) is 16.8. The summed E-state index contributed by atoms with van der Waals surface area (Å²) < 4.78 is 0. The molecule has 0 fully saturated rings. The molecule has 0 heterocycles. The Morgan fingerprint density at radius 1 is 1.13 bits per heavy atom. The number of nitrogens with two attached hydrogens (primary N) is 1. The van der Waals surface area contributed by atoms with Crippen LogP contribution < -0.4 is 10.6 Å². The summed E-state index contributed by atoms with van der Waals surface area (Å²) in [5, 5.41) is 9.00. The monoisotopic (exact) mass is 309 g/mol. The zero-order valence-corrected chi connectivity index (χ0v) is 13.1. The van der Waals surface area contributed by atoms with Gasteiger partial charge in [0.1, 0.15) is 0 Å². The van der Waals surface area contributed by atoms with Crippen LogP contribution in [0.2, 0.25) is 0 Å². The van der Waals surface area contributed by atoms with E-state index in [0.29, 0.717) is 11.3 Å². The molecule has 0 spiro atoms. The molecule has 0 unspecified atom stereocenters. The Bertz CT molecular complexity index is 764. The molecule has 5 nitrogen and oxygen atoms in total. The van der Waals surface area contributed by atoms with Crippen LogP contribution in [0, 0.1) is 0 Å². The molecular weight excluding hydrogens is 290 g/mol. The highest BCUT2D eigenvalue weighted by Gasteiger charge is 2.04. The zero-order valence-electron chi connectivity index (χ0n) is 13.1. The largest absolute Gasteiger partial charge is 0.478 e. The van der Waals surface area contributed by atoms with E-state index in [1.807, 2.05) is 43.3 Å². The molecule has 0 radical (unpaired) electrons. The topological polar surface area (TPSA) is 78.9 Å². The molecular formula is C18H19N3O2. The molecule has 0 saturated heterocycles. The summed E-state index contributed by atoms with van der Waals surface area (Å²) in [7, 11) is 3.94. The molecule has 2 aromatic rings. The number of rotatable bonds is 5. The summed E-state index contributed by atoms with van der Waals surface area (Å²) >= 11 is 0. The summed E-state index contributed by atoms with van der Waals surface area (Å²) in [5.41, 5.74) is 9.17. The molecule has 2 aromatic carbocycles. The van der Waals surface area contributed by atoms with Crippen molar-refractivity contribution in [1.82, 2.24) is 0 Å². The van der Waals surface area contributed by atoms with Crippen molar-refractivity contribution in [2.75, 3.05) is 19.0 Å². The highest BCUT2D eigenvalue weighted by atomic mass is 16.4. The summed E-state index contributed by atoms with van der Waals surface area (Å²) in [6, 6.07) is 14.3. The van der Waals surface area contributed by atoms with Crippen molar-refractivity contribution in [1.29, 1.82) is 0 Å². The van der Waals surface area contributed by atoms with Crippen LogP contribution >= 0.6 is 0 Å². The number of benzene rings is 2. The van der Waals surface area contributed by atoms with Gasteiger partial charge in [-0.3, -0.25) is 4.99 Å². The lowest BCUT2D eigenvalue weighted by atomic mass is 10.1. The van der Waals surface area contributed by atoms with Crippen LogP contribution in [0.4, 0.5) is 11.4 Å². The van der Waals surface area contributed by atoms with Gasteiger partial charge in [-0.05, 0) is 42.0 Å². The molecule has 0 aliphatic carbocycles. The number of hydrogen-bond acceptors (Lipinski definition) is 4. The lowest BCUT2D eigenvalue weighted by Gasteiger charge is -2.11. The van der Waals surface area contributed by atoms with Crippen molar-refractivity contribution >= 4 is 29.3 Å². The minimum Gasteiger partial charge on any atom is -0.478 e. The van der Waals surface area contributed by atoms with Crippen molar-refractivity contribution in [2.24, 2.45) is 10.7 Å². The van der Waals surface area contributed by atoms with Crippen LogP contribution in [0.15, 0.2) is 59.6 Å². The van der Waals surface area contributed by atoms with E-state index in [2.05, 4.69) is 4.99 Å². The van der Waals surface area contributed by atoms with E-state index >= 15 is 0 Å². The Kier molecular flexibility index (Phi) is 5.15. The first-order valence-corrected chi connectivity index (χ1v) is 7.08. The average Bonchev–Trinajstić information content (AvgIpc) is 2.55. The van der Waals surface area contributed by atoms with Crippen LogP contribution in [0.25, 0.3) is 5.70 Å². The van der Waals surface area contributed by atoms with Gasteiger partial charge in [0, 0.05) is 31.7 Å². The first kappa shape index (κ1) is 16.3. The Morgan fingerprint density at radius 2 is 1.83 bits per heavy atom. The second-order valence-electron chi connectivity index (χ2n) is 5.20. The van der Waals surface area contributed by atoms with Gasteiger partial charge in [-0.25, -0.2) is 4.79 Å². The third-order valence-corrected chi connectivity index (χ3v) is 3.27. The number of allylic oxidation sites excluding steroid dienone is 1. The molecule has 0 aliphatic heterocycles. The van der Waals surface area contributed by atoms with Gasteiger partial charge in [-0.2, -0.15) is 0 Å². The number of aromatic carboxylic acids is 1. The average molecular weight is 309 g/mol. The van der Waals surface area contributed by atoms with Crippen LogP contribution in [-0.4, -0.2) is 31.4 Å². The lowest BCUT2D eigenvalue weighted by Crippen LogP contribution is -2.07. The summed E-state index contributed by atoms with van der Waals surface area (Å²) in [5.74, 6) is -0.978. The van der Waals surface area contributed by atoms with E-state index in [4.69, 9.17) is 10.8 Å². The molecule has 0 bridgehead atoms. The maximum atomic E-state index is 11.0. The number of nitrogens with zero attached hydrogens (tertiary/aromatic N) is 2. The van der Waals surface area contributed by atoms with Gasteiger partial charge in [0.05, 0.1) is 11.3 Å². The predicted octanol–water partition coefficient (Wildman–Crippen LogP) is 3.15. The number of anilines is 1. The van der Waals surface area contributed by atoms with Crippen molar-refractivity contribution in [3.63, 3.8) is 0 Å². The molecule has 0 aromatic heterocycles.